The molecule has 2 aliphatic rings. The molecule has 0 saturated carbocycles. The quantitative estimate of drug-likeness (QED) is 0.557. The molecular weight excluding hydrogens is 458 g/mol. The summed E-state index contributed by atoms with van der Waals surface area (Å²) in [5.41, 5.74) is 1.79. The van der Waals surface area contributed by atoms with E-state index in [0.717, 1.165) is 11.3 Å². The highest BCUT2D eigenvalue weighted by Crippen LogP contribution is 2.39. The van der Waals surface area contributed by atoms with E-state index < -0.39 is 10.0 Å². The normalized spacial score (nSPS) is 19.6. The Balaban J connectivity index is 1.31. The molecule has 0 spiro atoms. The molecule has 2 aliphatic heterocycles. The van der Waals surface area contributed by atoms with Crippen LogP contribution in [0.3, 0.4) is 0 Å². The van der Waals surface area contributed by atoms with Crippen molar-refractivity contribution < 1.29 is 17.9 Å². The number of amides is 1. The molecule has 172 valence electrons. The maximum absolute atomic E-state index is 13.6. The largest absolute Gasteiger partial charge is 0.489 e. The molecule has 0 unspecified atom stereocenters. The zero-order valence-electron chi connectivity index (χ0n) is 18.0. The van der Waals surface area contributed by atoms with E-state index in [9.17, 15) is 13.2 Å². The highest BCUT2D eigenvalue weighted by Gasteiger charge is 2.35. The van der Waals surface area contributed by atoms with Gasteiger partial charge in [0.2, 0.25) is 5.91 Å². The van der Waals surface area contributed by atoms with Crippen LogP contribution in [-0.4, -0.2) is 62.9 Å². The third-order valence-corrected chi connectivity index (χ3v) is 9.34. The minimum Gasteiger partial charge on any atom is -0.489 e. The fourth-order valence-electron chi connectivity index (χ4n) is 4.35. The molecule has 0 radical (unpaired) electrons. The smallest absolute Gasteiger partial charge is 0.252 e. The van der Waals surface area contributed by atoms with Crippen LogP contribution >= 0.6 is 11.3 Å². The van der Waals surface area contributed by atoms with Crippen LogP contribution < -0.4 is 9.64 Å². The van der Waals surface area contributed by atoms with E-state index in [4.69, 9.17) is 4.74 Å². The first kappa shape index (κ1) is 22.1. The molecule has 2 aromatic carbocycles. The molecule has 1 fully saturated rings. The van der Waals surface area contributed by atoms with Gasteiger partial charge in [0.05, 0.1) is 18.3 Å². The van der Waals surface area contributed by atoms with Gasteiger partial charge in [-0.1, -0.05) is 48.5 Å². The van der Waals surface area contributed by atoms with Gasteiger partial charge in [-0.15, -0.1) is 11.3 Å². The maximum atomic E-state index is 13.6. The topological polar surface area (TPSA) is 70.2 Å². The van der Waals surface area contributed by atoms with Crippen molar-refractivity contribution in [1.29, 1.82) is 0 Å². The molecule has 3 heterocycles. The summed E-state index contributed by atoms with van der Waals surface area (Å²) in [5.74, 6) is 0.680. The van der Waals surface area contributed by atoms with Crippen molar-refractivity contribution in [3.05, 3.63) is 77.7 Å². The van der Waals surface area contributed by atoms with Crippen molar-refractivity contribution in [2.45, 2.75) is 10.3 Å². The number of para-hydroxylation sites is 2. The summed E-state index contributed by atoms with van der Waals surface area (Å²) >= 11 is 1.23. The second-order valence-corrected chi connectivity index (χ2v) is 11.2. The number of fused-ring (bicyclic) bond motifs is 1. The number of carbonyl (C=O) groups is 1. The number of thiophene rings is 1. The number of hydrogen-bond acceptors (Lipinski definition) is 6. The van der Waals surface area contributed by atoms with Crippen LogP contribution in [0, 0.1) is 0 Å². The SMILES string of the molecule is O=C(CN1CCN(S(=O)(=O)c2cccs2)CC1)N1c2ccccc2OC[C@@H]1c1ccccc1. The van der Waals surface area contributed by atoms with Crippen molar-refractivity contribution in [3.8, 4) is 5.75 Å². The fourth-order valence-corrected chi connectivity index (χ4v) is 6.92. The Morgan fingerprint density at radius 1 is 0.939 bits per heavy atom. The molecule has 9 heteroatoms. The Hall–Kier alpha value is -2.72. The van der Waals surface area contributed by atoms with Crippen molar-refractivity contribution in [2.75, 3.05) is 44.2 Å². The number of carbonyl (C=O) groups excluding carboxylic acids is 1. The summed E-state index contributed by atoms with van der Waals surface area (Å²) in [7, 11) is -3.46. The van der Waals surface area contributed by atoms with E-state index >= 15 is 0 Å². The molecule has 1 saturated heterocycles. The average molecular weight is 484 g/mol. The molecule has 3 aromatic rings. The standard InChI is InChI=1S/C24H25N3O4S2/c28-23(17-25-12-14-26(15-13-25)33(29,30)24-11-6-16-32-24)27-20-9-4-5-10-22(20)31-18-21(27)19-7-2-1-3-8-19/h1-11,16,21H,12-15,17-18H2/t21-/m1/s1. The molecule has 0 N–H and O–H groups in total. The average Bonchev–Trinajstić information content (AvgIpc) is 3.40. The Kier molecular flexibility index (Phi) is 6.20. The number of benzene rings is 2. The molecule has 1 amide bonds. The van der Waals surface area contributed by atoms with Crippen molar-refractivity contribution in [2.24, 2.45) is 0 Å². The van der Waals surface area contributed by atoms with Crippen LogP contribution in [0.4, 0.5) is 5.69 Å². The van der Waals surface area contributed by atoms with E-state index in [0.29, 0.717) is 42.7 Å². The van der Waals surface area contributed by atoms with Crippen LogP contribution in [0.25, 0.3) is 0 Å². The number of piperazine rings is 1. The number of sulfonamides is 1. The number of ether oxygens (including phenoxy) is 1. The lowest BCUT2D eigenvalue weighted by atomic mass is 10.0. The third-order valence-electron chi connectivity index (χ3n) is 6.07. The first-order valence-electron chi connectivity index (χ1n) is 10.9. The second-order valence-electron chi connectivity index (χ2n) is 8.08. The monoisotopic (exact) mass is 483 g/mol. The summed E-state index contributed by atoms with van der Waals surface area (Å²) < 4.78 is 33.4. The highest BCUT2D eigenvalue weighted by atomic mass is 32.2. The molecule has 0 aliphatic carbocycles. The summed E-state index contributed by atoms with van der Waals surface area (Å²) in [6.07, 6.45) is 0. The van der Waals surface area contributed by atoms with Crippen molar-refractivity contribution >= 4 is 33.0 Å². The number of anilines is 1. The van der Waals surface area contributed by atoms with Gasteiger partial charge < -0.3 is 4.74 Å². The van der Waals surface area contributed by atoms with Gasteiger partial charge in [-0.25, -0.2) is 8.42 Å². The first-order chi connectivity index (χ1) is 16.0. The van der Waals surface area contributed by atoms with E-state index in [1.807, 2.05) is 64.4 Å². The first-order valence-corrected chi connectivity index (χ1v) is 13.2. The lowest BCUT2D eigenvalue weighted by molar-refractivity contribution is -0.121. The summed E-state index contributed by atoms with van der Waals surface area (Å²) in [6.45, 7) is 2.38. The summed E-state index contributed by atoms with van der Waals surface area (Å²) in [4.78, 5) is 17.4. The van der Waals surface area contributed by atoms with Gasteiger partial charge >= 0.3 is 0 Å². The van der Waals surface area contributed by atoms with Crippen LogP contribution in [0.2, 0.25) is 0 Å². The zero-order valence-corrected chi connectivity index (χ0v) is 19.7. The molecule has 0 bridgehead atoms. The lowest BCUT2D eigenvalue weighted by Gasteiger charge is -2.39. The van der Waals surface area contributed by atoms with Gasteiger partial charge in [-0.05, 0) is 29.1 Å². The van der Waals surface area contributed by atoms with Gasteiger partial charge in [-0.2, -0.15) is 4.31 Å². The van der Waals surface area contributed by atoms with Gasteiger partial charge in [-0.3, -0.25) is 14.6 Å². The summed E-state index contributed by atoms with van der Waals surface area (Å²) in [5, 5.41) is 1.77. The minimum atomic E-state index is -3.46. The molecular formula is C24H25N3O4S2. The van der Waals surface area contributed by atoms with Gasteiger partial charge in [0.1, 0.15) is 16.6 Å². The number of rotatable bonds is 5. The molecule has 1 aromatic heterocycles. The van der Waals surface area contributed by atoms with E-state index in [1.165, 1.54) is 15.6 Å². The highest BCUT2D eigenvalue weighted by molar-refractivity contribution is 7.91. The molecule has 5 rings (SSSR count). The van der Waals surface area contributed by atoms with Crippen LogP contribution in [0.1, 0.15) is 11.6 Å². The van der Waals surface area contributed by atoms with E-state index in [1.54, 1.807) is 17.5 Å². The van der Waals surface area contributed by atoms with Gasteiger partial charge in [0, 0.05) is 26.2 Å². The van der Waals surface area contributed by atoms with Crippen LogP contribution in [0.5, 0.6) is 5.75 Å². The predicted octanol–water partition coefficient (Wildman–Crippen LogP) is 3.22. The third kappa shape index (κ3) is 4.41. The number of nitrogens with zero attached hydrogens (tertiary/aromatic N) is 3. The minimum absolute atomic E-state index is 0.0193. The summed E-state index contributed by atoms with van der Waals surface area (Å²) in [6, 6.07) is 20.7. The number of hydrogen-bond donors (Lipinski definition) is 0. The fraction of sp³-hybridized carbons (Fsp3) is 0.292. The Labute approximate surface area is 197 Å². The molecule has 1 atom stereocenters. The van der Waals surface area contributed by atoms with Crippen LogP contribution in [-0.2, 0) is 14.8 Å². The van der Waals surface area contributed by atoms with Crippen molar-refractivity contribution in [1.82, 2.24) is 9.21 Å². The van der Waals surface area contributed by atoms with Gasteiger partial charge in [0.15, 0.2) is 0 Å². The van der Waals surface area contributed by atoms with Gasteiger partial charge in [0.25, 0.3) is 10.0 Å². The Morgan fingerprint density at radius 3 is 2.39 bits per heavy atom. The Bertz CT molecular complexity index is 1210. The Morgan fingerprint density at radius 2 is 1.67 bits per heavy atom. The van der Waals surface area contributed by atoms with Crippen LogP contribution in [0.15, 0.2) is 76.3 Å². The van der Waals surface area contributed by atoms with E-state index in [2.05, 4.69) is 0 Å². The predicted molar refractivity (Wildman–Crippen MR) is 128 cm³/mol. The van der Waals surface area contributed by atoms with E-state index in [-0.39, 0.29) is 18.5 Å². The zero-order chi connectivity index (χ0) is 22.8. The molecule has 7 nitrogen and oxygen atoms in total. The lowest BCUT2D eigenvalue weighted by Crippen LogP contribution is -2.52. The van der Waals surface area contributed by atoms with Crippen molar-refractivity contribution in [3.63, 3.8) is 0 Å². The molecule has 33 heavy (non-hydrogen) atoms. The second kappa shape index (κ2) is 9.26. The maximum Gasteiger partial charge on any atom is 0.252 e.